The molecule has 0 saturated heterocycles. The molecule has 1 rings (SSSR count). The van der Waals surface area contributed by atoms with Gasteiger partial charge in [0.15, 0.2) is 0 Å². The van der Waals surface area contributed by atoms with E-state index in [1.54, 1.807) is 6.20 Å². The summed E-state index contributed by atoms with van der Waals surface area (Å²) in [6.45, 7) is 11.1. The fourth-order valence-electron chi connectivity index (χ4n) is 1.34. The van der Waals surface area contributed by atoms with E-state index in [0.717, 1.165) is 12.5 Å². The molecule has 0 aliphatic heterocycles. The number of rotatable bonds is 5. The predicted molar refractivity (Wildman–Crippen MR) is 88.5 cm³/mol. The molecule has 2 N–H and O–H groups in total. The Balaban J connectivity index is 0. The summed E-state index contributed by atoms with van der Waals surface area (Å²) in [4.78, 5) is 0. The maximum atomic E-state index is 3.37. The highest BCUT2D eigenvalue weighted by Crippen LogP contribution is 2.05. The molecule has 19 heavy (non-hydrogen) atoms. The van der Waals surface area contributed by atoms with Crippen molar-refractivity contribution < 1.29 is 0 Å². The molecule has 1 aromatic rings. The lowest BCUT2D eigenvalue weighted by Crippen LogP contribution is -2.04. The first-order chi connectivity index (χ1) is 9.12. The van der Waals surface area contributed by atoms with Gasteiger partial charge in [0.2, 0.25) is 0 Å². The molecule has 0 bridgehead atoms. The molecule has 0 aliphatic carbocycles. The first-order valence-corrected chi connectivity index (χ1v) is 7.08. The van der Waals surface area contributed by atoms with Gasteiger partial charge >= 0.3 is 0 Å². The van der Waals surface area contributed by atoms with Crippen LogP contribution in [0.15, 0.2) is 43.1 Å². The summed E-state index contributed by atoms with van der Waals surface area (Å²) < 4.78 is 0. The van der Waals surface area contributed by atoms with Gasteiger partial charge in [0, 0.05) is 7.05 Å². The largest absolute Gasteiger partial charge is 0.394 e. The van der Waals surface area contributed by atoms with Crippen molar-refractivity contribution in [3.8, 4) is 0 Å². The Labute approximate surface area is 120 Å². The quantitative estimate of drug-likeness (QED) is 0.844. The van der Waals surface area contributed by atoms with Gasteiger partial charge in [-0.2, -0.15) is 0 Å². The molecular formula is C17H32N2. The van der Waals surface area contributed by atoms with Crippen LogP contribution in [0.2, 0.25) is 0 Å². The van der Waals surface area contributed by atoms with Gasteiger partial charge < -0.3 is 10.6 Å². The van der Waals surface area contributed by atoms with Crippen LogP contribution in [0.3, 0.4) is 0 Å². The van der Waals surface area contributed by atoms with E-state index in [0.29, 0.717) is 0 Å². The second-order valence-corrected chi connectivity index (χ2v) is 4.68. The molecule has 0 spiro atoms. The van der Waals surface area contributed by atoms with E-state index in [4.69, 9.17) is 0 Å². The summed E-state index contributed by atoms with van der Waals surface area (Å²) in [7, 11) is 3.77. The van der Waals surface area contributed by atoms with Gasteiger partial charge in [-0.1, -0.05) is 57.7 Å². The summed E-state index contributed by atoms with van der Waals surface area (Å²) in [5.74, 6) is 0.766. The molecule has 0 saturated carbocycles. The average Bonchev–Trinajstić information content (AvgIpc) is 2.41. The predicted octanol–water partition coefficient (Wildman–Crippen LogP) is 3.85. The average molecular weight is 264 g/mol. The standard InChI is InChI=1S/C10H14.C4H11N.C3H7N/c1-9(2)8-10-6-4-3-5-7-10;1-3-4-5-2;1-3-4-2/h3-7,9H,8H2,1-2H3;5H,3-4H2,1-2H3;3-4H,1H2,2H3. The molecule has 0 atom stereocenters. The molecule has 110 valence electrons. The highest BCUT2D eigenvalue weighted by Gasteiger charge is 1.94. The summed E-state index contributed by atoms with van der Waals surface area (Å²) in [6, 6.07) is 10.6. The second-order valence-electron chi connectivity index (χ2n) is 4.68. The van der Waals surface area contributed by atoms with Crippen molar-refractivity contribution in [3.63, 3.8) is 0 Å². The minimum Gasteiger partial charge on any atom is -0.394 e. The minimum atomic E-state index is 0.766. The Morgan fingerprint density at radius 2 is 1.68 bits per heavy atom. The zero-order chi connectivity index (χ0) is 14.9. The van der Waals surface area contributed by atoms with E-state index in [2.05, 4.69) is 68.3 Å². The van der Waals surface area contributed by atoms with Crippen LogP contribution in [0.25, 0.3) is 0 Å². The highest BCUT2D eigenvalue weighted by atomic mass is 14.8. The van der Waals surface area contributed by atoms with Crippen LogP contribution < -0.4 is 10.6 Å². The maximum Gasteiger partial charge on any atom is 0.00275 e. The van der Waals surface area contributed by atoms with Gasteiger partial charge in [0.05, 0.1) is 0 Å². The van der Waals surface area contributed by atoms with Crippen LogP contribution >= 0.6 is 0 Å². The number of benzene rings is 1. The normalized spacial score (nSPS) is 8.74. The van der Waals surface area contributed by atoms with Crippen LogP contribution in [0.4, 0.5) is 0 Å². The number of hydrogen-bond acceptors (Lipinski definition) is 2. The fourth-order valence-corrected chi connectivity index (χ4v) is 1.34. The van der Waals surface area contributed by atoms with E-state index in [9.17, 15) is 0 Å². The molecule has 0 aromatic heterocycles. The molecule has 0 amide bonds. The highest BCUT2D eigenvalue weighted by molar-refractivity contribution is 5.14. The lowest BCUT2D eigenvalue weighted by Gasteiger charge is -2.02. The van der Waals surface area contributed by atoms with Gasteiger partial charge in [-0.15, -0.1) is 0 Å². The molecule has 2 nitrogen and oxygen atoms in total. The SMILES string of the molecule is C=CNC.CC(C)Cc1ccccc1.CCCNC. The molecular weight excluding hydrogens is 232 g/mol. The van der Waals surface area contributed by atoms with Gasteiger partial charge in [0.25, 0.3) is 0 Å². The molecule has 0 heterocycles. The molecule has 0 fully saturated rings. The third-order valence-electron chi connectivity index (χ3n) is 2.19. The molecule has 1 aromatic carbocycles. The zero-order valence-electron chi connectivity index (χ0n) is 13.4. The van der Waals surface area contributed by atoms with Crippen molar-refractivity contribution in [2.75, 3.05) is 20.6 Å². The summed E-state index contributed by atoms with van der Waals surface area (Å²) in [5.41, 5.74) is 1.44. The van der Waals surface area contributed by atoms with Gasteiger partial charge in [-0.25, -0.2) is 0 Å². The van der Waals surface area contributed by atoms with Crippen molar-refractivity contribution in [1.29, 1.82) is 0 Å². The summed E-state index contributed by atoms with van der Waals surface area (Å²) >= 11 is 0. The van der Waals surface area contributed by atoms with Crippen molar-refractivity contribution in [2.45, 2.75) is 33.6 Å². The lowest BCUT2D eigenvalue weighted by molar-refractivity contribution is 0.647. The van der Waals surface area contributed by atoms with Crippen molar-refractivity contribution in [1.82, 2.24) is 10.6 Å². The van der Waals surface area contributed by atoms with Crippen LogP contribution in [-0.2, 0) is 6.42 Å². The number of nitrogens with one attached hydrogen (secondary N) is 2. The maximum absolute atomic E-state index is 3.37. The fraction of sp³-hybridized carbons (Fsp3) is 0.529. The third kappa shape index (κ3) is 19.2. The van der Waals surface area contributed by atoms with E-state index >= 15 is 0 Å². The molecule has 0 radical (unpaired) electrons. The molecule has 2 heteroatoms. The first kappa shape index (κ1) is 20.0. The van der Waals surface area contributed by atoms with Gasteiger partial charge in [-0.05, 0) is 44.1 Å². The smallest absolute Gasteiger partial charge is 0.00275 e. The Morgan fingerprint density at radius 1 is 1.16 bits per heavy atom. The zero-order valence-corrected chi connectivity index (χ0v) is 13.4. The van der Waals surface area contributed by atoms with Crippen molar-refractivity contribution in [3.05, 3.63) is 48.7 Å². The monoisotopic (exact) mass is 264 g/mol. The summed E-state index contributed by atoms with van der Waals surface area (Å²) in [6.07, 6.45) is 4.05. The second kappa shape index (κ2) is 16.7. The van der Waals surface area contributed by atoms with E-state index in [1.165, 1.54) is 18.4 Å². The molecule has 0 unspecified atom stereocenters. The van der Waals surface area contributed by atoms with Crippen molar-refractivity contribution in [2.24, 2.45) is 5.92 Å². The van der Waals surface area contributed by atoms with E-state index < -0.39 is 0 Å². The molecule has 0 aliphatic rings. The van der Waals surface area contributed by atoms with Gasteiger partial charge in [-0.3, -0.25) is 0 Å². The van der Waals surface area contributed by atoms with Crippen LogP contribution in [0.1, 0.15) is 32.8 Å². The Morgan fingerprint density at radius 3 is 1.95 bits per heavy atom. The minimum absolute atomic E-state index is 0.766. The number of hydrogen-bond donors (Lipinski definition) is 2. The van der Waals surface area contributed by atoms with Crippen LogP contribution in [0.5, 0.6) is 0 Å². The van der Waals surface area contributed by atoms with Crippen LogP contribution in [-0.4, -0.2) is 20.6 Å². The summed E-state index contributed by atoms with van der Waals surface area (Å²) in [5, 5.41) is 5.71. The van der Waals surface area contributed by atoms with Crippen LogP contribution in [0, 0.1) is 5.92 Å². The topological polar surface area (TPSA) is 24.1 Å². The first-order valence-electron chi connectivity index (χ1n) is 7.08. The van der Waals surface area contributed by atoms with Crippen molar-refractivity contribution >= 4 is 0 Å². The Bertz CT molecular complexity index is 266. The Hall–Kier alpha value is -1.28. The Kier molecular flexibility index (Phi) is 17.6. The van der Waals surface area contributed by atoms with E-state index in [1.807, 2.05) is 14.1 Å². The van der Waals surface area contributed by atoms with E-state index in [-0.39, 0.29) is 0 Å². The third-order valence-corrected chi connectivity index (χ3v) is 2.19. The lowest BCUT2D eigenvalue weighted by atomic mass is 10.0. The van der Waals surface area contributed by atoms with Gasteiger partial charge in [0.1, 0.15) is 0 Å².